The van der Waals surface area contributed by atoms with E-state index in [1.807, 2.05) is 31.2 Å². The molecule has 1 saturated heterocycles. The smallest absolute Gasteiger partial charge is 0.256 e. The summed E-state index contributed by atoms with van der Waals surface area (Å²) in [5.74, 6) is 0.737. The van der Waals surface area contributed by atoms with Gasteiger partial charge in [0.25, 0.3) is 5.91 Å². The van der Waals surface area contributed by atoms with Gasteiger partial charge in [0.15, 0.2) is 0 Å². The van der Waals surface area contributed by atoms with Gasteiger partial charge in [0.1, 0.15) is 17.2 Å². The summed E-state index contributed by atoms with van der Waals surface area (Å²) in [6.07, 6.45) is 5.75. The highest BCUT2D eigenvalue weighted by atomic mass is 16.2. The number of hydrogen-bond acceptors (Lipinski definition) is 9. The van der Waals surface area contributed by atoms with Crippen molar-refractivity contribution in [2.24, 2.45) is 0 Å². The van der Waals surface area contributed by atoms with Gasteiger partial charge in [0.05, 0.1) is 11.2 Å². The second-order valence-corrected chi connectivity index (χ2v) is 11.1. The molecule has 11 nitrogen and oxygen atoms in total. The Kier molecular flexibility index (Phi) is 8.67. The number of carbonyl (C=O) groups is 2. The van der Waals surface area contributed by atoms with Crippen molar-refractivity contribution in [3.63, 3.8) is 0 Å². The largest absolute Gasteiger partial charge is 0.369 e. The molecule has 2 aromatic heterocycles. The first-order chi connectivity index (χ1) is 20.2. The van der Waals surface area contributed by atoms with Crippen molar-refractivity contribution in [1.29, 1.82) is 0 Å². The fraction of sp³-hybridized carbons (Fsp3) is 0.387. The number of likely N-dealkylation sites (N-methyl/N-ethyl adjacent to an activating group) is 1. The molecule has 0 bridgehead atoms. The van der Waals surface area contributed by atoms with Crippen LogP contribution >= 0.6 is 0 Å². The molecule has 0 spiro atoms. The van der Waals surface area contributed by atoms with Crippen molar-refractivity contribution in [1.82, 2.24) is 30.5 Å². The number of anilines is 5. The van der Waals surface area contributed by atoms with Gasteiger partial charge >= 0.3 is 0 Å². The van der Waals surface area contributed by atoms with E-state index in [4.69, 9.17) is 4.98 Å². The Labute approximate surface area is 246 Å². The highest BCUT2D eigenvalue weighted by molar-refractivity contribution is 5.99. The molecule has 1 atom stereocenters. The Morgan fingerprint density at radius 1 is 1.05 bits per heavy atom. The summed E-state index contributed by atoms with van der Waals surface area (Å²) in [6, 6.07) is 12.1. The molecule has 220 valence electrons. The van der Waals surface area contributed by atoms with Gasteiger partial charge in [0.2, 0.25) is 11.9 Å². The maximum Gasteiger partial charge on any atom is 0.256 e. The van der Waals surface area contributed by atoms with Crippen molar-refractivity contribution >= 4 is 40.8 Å². The SMILES string of the molecule is C=CCNC(=O)c1cnc(Nc2ccc(N3CCN(C)CC3)cc2)nc1Nc1ccc2c(n1)[C@@](C)(NC(C)=O)CCC2. The van der Waals surface area contributed by atoms with Crippen LogP contribution in [0.1, 0.15) is 48.3 Å². The number of fused-ring (bicyclic) bond motifs is 1. The monoisotopic (exact) mass is 569 g/mol. The minimum Gasteiger partial charge on any atom is -0.369 e. The second kappa shape index (κ2) is 12.6. The molecular formula is C31H39N9O2. The Hall–Kier alpha value is -4.51. The predicted molar refractivity (Wildman–Crippen MR) is 166 cm³/mol. The van der Waals surface area contributed by atoms with Gasteiger partial charge < -0.3 is 31.1 Å². The molecule has 2 aliphatic rings. The number of pyridine rings is 1. The van der Waals surface area contributed by atoms with E-state index in [1.54, 1.807) is 6.08 Å². The summed E-state index contributed by atoms with van der Waals surface area (Å²) in [4.78, 5) is 43.6. The predicted octanol–water partition coefficient (Wildman–Crippen LogP) is 3.71. The first kappa shape index (κ1) is 29.0. The standard InChI is InChI=1S/C31H39N9O2/c1-5-15-32-29(42)25-20-33-30(34-23-9-11-24(12-10-23)40-18-16-39(4)17-19-40)37-28(25)36-26-13-8-22-7-6-14-31(3,27(22)35-26)38-21(2)41/h5,8-13,20H,1,6-7,14-19H2,2-4H3,(H,32,42)(H,38,41)(H2,33,34,35,36,37)/t31-/m0/s1. The molecule has 0 saturated carbocycles. The Morgan fingerprint density at radius 2 is 1.81 bits per heavy atom. The van der Waals surface area contributed by atoms with Crippen LogP contribution in [0, 0.1) is 0 Å². The van der Waals surface area contributed by atoms with E-state index < -0.39 is 5.54 Å². The first-order valence-corrected chi connectivity index (χ1v) is 14.4. The van der Waals surface area contributed by atoms with Crippen molar-refractivity contribution in [2.75, 3.05) is 55.3 Å². The average Bonchev–Trinajstić information content (AvgIpc) is 2.97. The van der Waals surface area contributed by atoms with E-state index in [9.17, 15) is 9.59 Å². The molecule has 1 aliphatic carbocycles. The summed E-state index contributed by atoms with van der Waals surface area (Å²) >= 11 is 0. The van der Waals surface area contributed by atoms with Gasteiger partial charge in [0, 0.05) is 57.2 Å². The van der Waals surface area contributed by atoms with Crippen LogP contribution in [0.3, 0.4) is 0 Å². The minimum absolute atomic E-state index is 0.102. The lowest BCUT2D eigenvalue weighted by Gasteiger charge is -2.35. The molecule has 0 unspecified atom stereocenters. The van der Waals surface area contributed by atoms with Gasteiger partial charge in [-0.15, -0.1) is 6.58 Å². The van der Waals surface area contributed by atoms with Gasteiger partial charge in [-0.3, -0.25) is 9.59 Å². The number of aryl methyl sites for hydroxylation is 1. The number of rotatable bonds is 9. The van der Waals surface area contributed by atoms with Crippen molar-refractivity contribution in [3.8, 4) is 0 Å². The molecule has 2 amide bonds. The summed E-state index contributed by atoms with van der Waals surface area (Å²) in [7, 11) is 2.15. The lowest BCUT2D eigenvalue weighted by molar-refractivity contribution is -0.121. The van der Waals surface area contributed by atoms with Crippen LogP contribution in [0.5, 0.6) is 0 Å². The fourth-order valence-electron chi connectivity index (χ4n) is 5.53. The third-order valence-corrected chi connectivity index (χ3v) is 7.75. The molecule has 1 aliphatic heterocycles. The minimum atomic E-state index is -0.573. The number of piperazine rings is 1. The van der Waals surface area contributed by atoms with Crippen molar-refractivity contribution in [3.05, 3.63) is 72.1 Å². The number of carbonyl (C=O) groups excluding carboxylic acids is 2. The van der Waals surface area contributed by atoms with Crippen molar-refractivity contribution in [2.45, 2.75) is 38.6 Å². The maximum absolute atomic E-state index is 13.0. The normalized spacial score (nSPS) is 18.5. The molecule has 0 radical (unpaired) electrons. The van der Waals surface area contributed by atoms with Gasteiger partial charge in [-0.2, -0.15) is 4.98 Å². The van der Waals surface area contributed by atoms with E-state index in [0.717, 1.165) is 62.4 Å². The Balaban J connectivity index is 1.40. The molecule has 11 heteroatoms. The topological polar surface area (TPSA) is 127 Å². The quantitative estimate of drug-likeness (QED) is 0.285. The van der Waals surface area contributed by atoms with Gasteiger partial charge in [-0.25, -0.2) is 9.97 Å². The maximum atomic E-state index is 13.0. The molecule has 1 fully saturated rings. The van der Waals surface area contributed by atoms with E-state index in [0.29, 0.717) is 24.1 Å². The van der Waals surface area contributed by atoms with Gasteiger partial charge in [-0.1, -0.05) is 12.1 Å². The van der Waals surface area contributed by atoms with Crippen LogP contribution < -0.4 is 26.2 Å². The van der Waals surface area contributed by atoms with Crippen LogP contribution in [-0.2, 0) is 16.8 Å². The fourth-order valence-corrected chi connectivity index (χ4v) is 5.53. The zero-order chi connectivity index (χ0) is 29.7. The number of benzene rings is 1. The van der Waals surface area contributed by atoms with E-state index >= 15 is 0 Å². The highest BCUT2D eigenvalue weighted by Gasteiger charge is 2.34. The third kappa shape index (κ3) is 6.68. The van der Waals surface area contributed by atoms with Crippen LogP contribution in [-0.4, -0.2) is 71.4 Å². The molecular weight excluding hydrogens is 530 g/mol. The van der Waals surface area contributed by atoms with Crippen LogP contribution in [0.2, 0.25) is 0 Å². The third-order valence-electron chi connectivity index (χ3n) is 7.75. The van der Waals surface area contributed by atoms with Crippen LogP contribution in [0.4, 0.5) is 29.0 Å². The lowest BCUT2D eigenvalue weighted by Crippen LogP contribution is -2.45. The average molecular weight is 570 g/mol. The number of nitrogens with one attached hydrogen (secondary N) is 4. The van der Waals surface area contributed by atoms with Gasteiger partial charge in [-0.05, 0) is 69.1 Å². The molecule has 5 rings (SSSR count). The Bertz CT molecular complexity index is 1450. The molecule has 3 heterocycles. The summed E-state index contributed by atoms with van der Waals surface area (Å²) in [5.41, 5.74) is 3.63. The zero-order valence-corrected chi connectivity index (χ0v) is 24.5. The number of hydrogen-bond donors (Lipinski definition) is 4. The molecule has 3 aromatic rings. The number of amides is 2. The van der Waals surface area contributed by atoms with E-state index in [1.165, 1.54) is 18.8 Å². The molecule has 4 N–H and O–H groups in total. The summed E-state index contributed by atoms with van der Waals surface area (Å²) in [5, 5.41) is 12.4. The first-order valence-electron chi connectivity index (χ1n) is 14.4. The number of aromatic nitrogens is 3. The summed E-state index contributed by atoms with van der Waals surface area (Å²) in [6.45, 7) is 11.6. The van der Waals surface area contributed by atoms with Crippen LogP contribution in [0.15, 0.2) is 55.3 Å². The van der Waals surface area contributed by atoms with E-state index in [2.05, 4.69) is 66.8 Å². The van der Waals surface area contributed by atoms with E-state index in [-0.39, 0.29) is 17.4 Å². The van der Waals surface area contributed by atoms with Crippen molar-refractivity contribution < 1.29 is 9.59 Å². The number of nitrogens with zero attached hydrogens (tertiary/aromatic N) is 5. The Morgan fingerprint density at radius 3 is 2.52 bits per heavy atom. The molecule has 1 aromatic carbocycles. The summed E-state index contributed by atoms with van der Waals surface area (Å²) < 4.78 is 0. The lowest BCUT2D eigenvalue weighted by atomic mass is 9.81. The zero-order valence-electron chi connectivity index (χ0n) is 24.5. The highest BCUT2D eigenvalue weighted by Crippen LogP contribution is 2.35. The second-order valence-electron chi connectivity index (χ2n) is 11.1. The van der Waals surface area contributed by atoms with Crippen LogP contribution in [0.25, 0.3) is 0 Å². The molecule has 42 heavy (non-hydrogen) atoms.